The molecule has 0 saturated heterocycles. The second kappa shape index (κ2) is 3.94. The van der Waals surface area contributed by atoms with Crippen molar-refractivity contribution in [2.75, 3.05) is 0 Å². The number of aryl methyl sites for hydroxylation is 1. The van der Waals surface area contributed by atoms with Gasteiger partial charge < -0.3 is 0 Å². The second-order valence-corrected chi connectivity index (χ2v) is 5.77. The molecule has 0 N–H and O–H groups in total. The van der Waals surface area contributed by atoms with Gasteiger partial charge in [0, 0.05) is 11.6 Å². The molecule has 0 aliphatic heterocycles. The van der Waals surface area contributed by atoms with Gasteiger partial charge in [-0.1, -0.05) is 25.8 Å². The molecule has 90 valence electrons. The highest BCUT2D eigenvalue weighted by atomic mass is 16.1. The van der Waals surface area contributed by atoms with Gasteiger partial charge in [0.15, 0.2) is 0 Å². The van der Waals surface area contributed by atoms with Crippen LogP contribution >= 0.6 is 0 Å². The normalized spacial score (nSPS) is 25.8. The Morgan fingerprint density at radius 2 is 2.18 bits per heavy atom. The molecule has 1 fully saturated rings. The van der Waals surface area contributed by atoms with Gasteiger partial charge in [0.25, 0.3) is 0 Å². The summed E-state index contributed by atoms with van der Waals surface area (Å²) in [6, 6.07) is 4.09. The van der Waals surface area contributed by atoms with E-state index < -0.39 is 0 Å². The van der Waals surface area contributed by atoms with E-state index in [1.807, 2.05) is 12.3 Å². The highest BCUT2D eigenvalue weighted by Gasteiger charge is 2.42. The summed E-state index contributed by atoms with van der Waals surface area (Å²) in [6.07, 6.45) is 8.39. The lowest BCUT2D eigenvalue weighted by Gasteiger charge is -2.25. The Balaban J connectivity index is 1.89. The lowest BCUT2D eigenvalue weighted by Crippen LogP contribution is -2.29. The van der Waals surface area contributed by atoms with Crippen molar-refractivity contribution in [1.29, 1.82) is 0 Å². The van der Waals surface area contributed by atoms with Crippen LogP contribution in [0.3, 0.4) is 0 Å². The molecule has 1 aromatic heterocycles. The van der Waals surface area contributed by atoms with E-state index in [4.69, 9.17) is 0 Å². The van der Waals surface area contributed by atoms with Crippen LogP contribution in [0.25, 0.3) is 0 Å². The fourth-order valence-corrected chi connectivity index (χ4v) is 3.49. The number of hydrogen-bond donors (Lipinski definition) is 0. The van der Waals surface area contributed by atoms with Crippen molar-refractivity contribution in [3.63, 3.8) is 0 Å². The molecule has 0 spiro atoms. The van der Waals surface area contributed by atoms with E-state index in [9.17, 15) is 4.79 Å². The summed E-state index contributed by atoms with van der Waals surface area (Å²) < 4.78 is 0. The number of pyridine rings is 1. The quantitative estimate of drug-likeness (QED) is 0.779. The van der Waals surface area contributed by atoms with Crippen LogP contribution in [0, 0.1) is 5.41 Å². The standard InChI is InChI=1S/C15H19NO/c1-15(8-2-3-9-15)14(17)12-7-6-11-5-4-10-16-13(11)12/h4-5,10,12H,2-3,6-9H2,1H3. The summed E-state index contributed by atoms with van der Waals surface area (Å²) in [7, 11) is 0. The molecular weight excluding hydrogens is 210 g/mol. The molecule has 3 rings (SSSR count). The molecule has 0 amide bonds. The van der Waals surface area contributed by atoms with E-state index >= 15 is 0 Å². The van der Waals surface area contributed by atoms with Gasteiger partial charge in [-0.05, 0) is 37.3 Å². The molecule has 1 heterocycles. The SMILES string of the molecule is CC1(C(=O)C2CCc3cccnc32)CCCC1. The third kappa shape index (κ3) is 1.70. The summed E-state index contributed by atoms with van der Waals surface area (Å²) in [5.74, 6) is 0.529. The molecule has 2 aliphatic rings. The number of aromatic nitrogens is 1. The van der Waals surface area contributed by atoms with Crippen molar-refractivity contribution in [3.8, 4) is 0 Å². The number of hydrogen-bond acceptors (Lipinski definition) is 2. The largest absolute Gasteiger partial charge is 0.298 e. The number of carbonyl (C=O) groups excluding carboxylic acids is 1. The van der Waals surface area contributed by atoms with Gasteiger partial charge in [0.2, 0.25) is 0 Å². The molecule has 0 bridgehead atoms. The van der Waals surface area contributed by atoms with Crippen molar-refractivity contribution in [2.24, 2.45) is 5.41 Å². The highest BCUT2D eigenvalue weighted by Crippen LogP contribution is 2.45. The summed E-state index contributed by atoms with van der Waals surface area (Å²) in [5.41, 5.74) is 2.28. The van der Waals surface area contributed by atoms with E-state index in [-0.39, 0.29) is 11.3 Å². The average molecular weight is 229 g/mol. The second-order valence-electron chi connectivity index (χ2n) is 5.77. The zero-order valence-corrected chi connectivity index (χ0v) is 10.4. The number of nitrogens with zero attached hydrogens (tertiary/aromatic N) is 1. The number of rotatable bonds is 2. The monoisotopic (exact) mass is 229 g/mol. The molecule has 1 saturated carbocycles. The van der Waals surface area contributed by atoms with Crippen molar-refractivity contribution in [1.82, 2.24) is 4.98 Å². The van der Waals surface area contributed by atoms with Crippen LogP contribution in [0.4, 0.5) is 0 Å². The molecule has 1 aromatic rings. The van der Waals surface area contributed by atoms with Crippen LogP contribution in [0.1, 0.15) is 56.2 Å². The van der Waals surface area contributed by atoms with E-state index in [0.29, 0.717) is 5.78 Å². The van der Waals surface area contributed by atoms with E-state index in [0.717, 1.165) is 31.4 Å². The van der Waals surface area contributed by atoms with Crippen LogP contribution in [-0.4, -0.2) is 10.8 Å². The minimum Gasteiger partial charge on any atom is -0.298 e. The van der Waals surface area contributed by atoms with Crippen LogP contribution in [0.2, 0.25) is 0 Å². The minimum atomic E-state index is -0.0657. The van der Waals surface area contributed by atoms with Crippen LogP contribution in [0.15, 0.2) is 18.3 Å². The Morgan fingerprint density at radius 1 is 1.41 bits per heavy atom. The number of carbonyl (C=O) groups is 1. The molecule has 2 heteroatoms. The maximum absolute atomic E-state index is 12.7. The molecular formula is C15H19NO. The molecule has 2 aliphatic carbocycles. The maximum Gasteiger partial charge on any atom is 0.147 e. The van der Waals surface area contributed by atoms with E-state index in [1.165, 1.54) is 18.4 Å². The fourth-order valence-electron chi connectivity index (χ4n) is 3.49. The Morgan fingerprint density at radius 3 is 2.94 bits per heavy atom. The van der Waals surface area contributed by atoms with Gasteiger partial charge in [-0.3, -0.25) is 9.78 Å². The first-order chi connectivity index (χ1) is 8.21. The Kier molecular flexibility index (Phi) is 2.53. The molecule has 17 heavy (non-hydrogen) atoms. The average Bonchev–Trinajstić information content (AvgIpc) is 2.95. The maximum atomic E-state index is 12.7. The van der Waals surface area contributed by atoms with Crippen LogP contribution in [-0.2, 0) is 11.2 Å². The van der Waals surface area contributed by atoms with Crippen molar-refractivity contribution in [2.45, 2.75) is 51.4 Å². The molecule has 0 radical (unpaired) electrons. The summed E-state index contributed by atoms with van der Waals surface area (Å²) >= 11 is 0. The molecule has 1 unspecified atom stereocenters. The Bertz CT molecular complexity index is 446. The van der Waals surface area contributed by atoms with Gasteiger partial charge in [-0.25, -0.2) is 0 Å². The Labute approximate surface area is 102 Å². The predicted molar refractivity (Wildman–Crippen MR) is 66.9 cm³/mol. The summed E-state index contributed by atoms with van der Waals surface area (Å²) in [5, 5.41) is 0. The van der Waals surface area contributed by atoms with Gasteiger partial charge >= 0.3 is 0 Å². The third-order valence-corrected chi connectivity index (χ3v) is 4.58. The lowest BCUT2D eigenvalue weighted by molar-refractivity contribution is -0.129. The topological polar surface area (TPSA) is 30.0 Å². The van der Waals surface area contributed by atoms with Gasteiger partial charge in [-0.2, -0.15) is 0 Å². The number of fused-ring (bicyclic) bond motifs is 1. The summed E-state index contributed by atoms with van der Waals surface area (Å²) in [6.45, 7) is 2.16. The van der Waals surface area contributed by atoms with Gasteiger partial charge in [-0.15, -0.1) is 0 Å². The van der Waals surface area contributed by atoms with E-state index in [1.54, 1.807) is 0 Å². The van der Waals surface area contributed by atoms with Crippen molar-refractivity contribution in [3.05, 3.63) is 29.6 Å². The zero-order chi connectivity index (χ0) is 11.9. The van der Waals surface area contributed by atoms with E-state index in [2.05, 4.69) is 18.0 Å². The predicted octanol–water partition coefficient (Wildman–Crippen LogP) is 3.26. The first kappa shape index (κ1) is 10.9. The van der Waals surface area contributed by atoms with Crippen LogP contribution < -0.4 is 0 Å². The minimum absolute atomic E-state index is 0.0657. The first-order valence-electron chi connectivity index (χ1n) is 6.69. The number of Topliss-reactive ketones (excluding diaryl/α,β-unsaturated/α-hetero) is 1. The van der Waals surface area contributed by atoms with Crippen molar-refractivity contribution < 1.29 is 4.79 Å². The third-order valence-electron chi connectivity index (χ3n) is 4.58. The Hall–Kier alpha value is -1.18. The molecule has 0 aromatic carbocycles. The highest BCUT2D eigenvalue weighted by molar-refractivity contribution is 5.91. The van der Waals surface area contributed by atoms with Gasteiger partial charge in [0.05, 0.1) is 11.6 Å². The number of ketones is 1. The smallest absolute Gasteiger partial charge is 0.147 e. The first-order valence-corrected chi connectivity index (χ1v) is 6.69. The summed E-state index contributed by atoms with van der Waals surface area (Å²) in [4.78, 5) is 17.1. The van der Waals surface area contributed by atoms with Gasteiger partial charge in [0.1, 0.15) is 5.78 Å². The fraction of sp³-hybridized carbons (Fsp3) is 0.600. The van der Waals surface area contributed by atoms with Crippen molar-refractivity contribution >= 4 is 5.78 Å². The molecule has 2 nitrogen and oxygen atoms in total. The van der Waals surface area contributed by atoms with Crippen LogP contribution in [0.5, 0.6) is 0 Å². The zero-order valence-electron chi connectivity index (χ0n) is 10.4. The lowest BCUT2D eigenvalue weighted by atomic mass is 9.77. The molecule has 1 atom stereocenters.